The lowest BCUT2D eigenvalue weighted by Crippen LogP contribution is -2.33. The minimum Gasteiger partial charge on any atom is -0.379 e. The molecule has 0 heterocycles. The van der Waals surface area contributed by atoms with Crippen LogP contribution in [0.5, 0.6) is 5.75 Å². The smallest absolute Gasteiger partial charge is 0.339 e. The quantitative estimate of drug-likeness (QED) is 0.160. The van der Waals surface area contributed by atoms with E-state index in [1.807, 2.05) is 11.0 Å². The number of halogens is 1. The third kappa shape index (κ3) is 11.1. The van der Waals surface area contributed by atoms with Gasteiger partial charge in [-0.15, -0.1) is 0 Å². The molecule has 0 fully saturated rings. The van der Waals surface area contributed by atoms with E-state index < -0.39 is 15.9 Å². The number of carbonyl (C=O) groups excluding carboxylic acids is 1. The zero-order valence-corrected chi connectivity index (χ0v) is 22.9. The van der Waals surface area contributed by atoms with Gasteiger partial charge in [0.15, 0.2) is 0 Å². The van der Waals surface area contributed by atoms with Crippen molar-refractivity contribution in [2.45, 2.75) is 96.4 Å². The van der Waals surface area contributed by atoms with Crippen molar-refractivity contribution in [3.63, 3.8) is 0 Å². The highest BCUT2D eigenvalue weighted by atomic mass is 32.2. The van der Waals surface area contributed by atoms with Gasteiger partial charge in [-0.2, -0.15) is 8.42 Å². The number of unbranched alkanes of at least 4 members (excludes halogenated alkanes) is 8. The van der Waals surface area contributed by atoms with Gasteiger partial charge in [0.05, 0.1) is 0 Å². The molecule has 0 aromatic heterocycles. The van der Waals surface area contributed by atoms with Crippen LogP contribution in [0.1, 0.15) is 90.5 Å². The molecule has 0 atom stereocenters. The van der Waals surface area contributed by atoms with Crippen molar-refractivity contribution in [1.29, 1.82) is 0 Å². The number of amides is 1. The maximum atomic E-state index is 13.1. The fourth-order valence-corrected chi connectivity index (χ4v) is 5.06. The maximum Gasteiger partial charge on any atom is 0.339 e. The first-order valence-corrected chi connectivity index (χ1v) is 14.7. The number of nitrogens with zero attached hydrogens (tertiary/aromatic N) is 1. The number of rotatable bonds is 17. The van der Waals surface area contributed by atoms with Gasteiger partial charge in [-0.25, -0.2) is 4.39 Å². The molecule has 5 nitrogen and oxygen atoms in total. The van der Waals surface area contributed by atoms with Crippen LogP contribution in [-0.4, -0.2) is 25.8 Å². The van der Waals surface area contributed by atoms with Gasteiger partial charge in [-0.3, -0.25) is 4.79 Å². The summed E-state index contributed by atoms with van der Waals surface area (Å²) in [5.41, 5.74) is 0.794. The molecule has 2 aromatic carbocycles. The maximum absolute atomic E-state index is 13.1. The molecule has 200 valence electrons. The molecular formula is C29H42FNO4S. The molecule has 1 amide bonds. The normalized spacial score (nSPS) is 11.6. The van der Waals surface area contributed by atoms with Crippen molar-refractivity contribution in [2.75, 3.05) is 6.54 Å². The first-order valence-electron chi connectivity index (χ1n) is 13.3. The molecule has 0 saturated heterocycles. The van der Waals surface area contributed by atoms with E-state index in [1.54, 1.807) is 18.2 Å². The summed E-state index contributed by atoms with van der Waals surface area (Å²) in [6, 6.07) is 11.3. The summed E-state index contributed by atoms with van der Waals surface area (Å²) >= 11 is 0. The summed E-state index contributed by atoms with van der Waals surface area (Å²) in [4.78, 5) is 14.7. The zero-order chi connectivity index (χ0) is 26.4. The van der Waals surface area contributed by atoms with Gasteiger partial charge >= 0.3 is 10.1 Å². The number of carbonyl (C=O) groups is 1. The minimum absolute atomic E-state index is 0.119. The molecule has 0 bridgehead atoms. The Morgan fingerprint density at radius 1 is 0.917 bits per heavy atom. The molecule has 0 saturated carbocycles. The van der Waals surface area contributed by atoms with Crippen molar-refractivity contribution >= 4 is 16.0 Å². The molecule has 0 unspecified atom stereocenters. The predicted molar refractivity (Wildman–Crippen MR) is 143 cm³/mol. The van der Waals surface area contributed by atoms with Crippen LogP contribution in [0.3, 0.4) is 0 Å². The fraction of sp³-hybridized carbons (Fsp3) is 0.552. The summed E-state index contributed by atoms with van der Waals surface area (Å²) in [7, 11) is -4.08. The van der Waals surface area contributed by atoms with Crippen molar-refractivity contribution in [2.24, 2.45) is 5.92 Å². The topological polar surface area (TPSA) is 63.7 Å². The average molecular weight is 520 g/mol. The summed E-state index contributed by atoms with van der Waals surface area (Å²) in [6.45, 7) is 7.41. The Kier molecular flexibility index (Phi) is 13.0. The van der Waals surface area contributed by atoms with E-state index >= 15 is 0 Å². The lowest BCUT2D eigenvalue weighted by Gasteiger charge is -2.25. The Bertz CT molecular complexity index is 1020. The molecule has 0 radical (unpaired) electrons. The predicted octanol–water partition coefficient (Wildman–Crippen LogP) is 7.50. The third-order valence-electron chi connectivity index (χ3n) is 6.01. The van der Waals surface area contributed by atoms with Crippen LogP contribution in [0, 0.1) is 11.7 Å². The second-order valence-electron chi connectivity index (χ2n) is 9.89. The monoisotopic (exact) mass is 519 g/mol. The minimum atomic E-state index is -4.08. The number of benzene rings is 2. The molecule has 2 rings (SSSR count). The Morgan fingerprint density at radius 2 is 1.53 bits per heavy atom. The van der Waals surface area contributed by atoms with E-state index in [2.05, 4.69) is 20.8 Å². The molecule has 0 spiro atoms. The largest absolute Gasteiger partial charge is 0.379 e. The van der Waals surface area contributed by atoms with Gasteiger partial charge in [0.2, 0.25) is 5.91 Å². The Morgan fingerprint density at radius 3 is 2.14 bits per heavy atom. The average Bonchev–Trinajstić information content (AvgIpc) is 2.82. The van der Waals surface area contributed by atoms with E-state index in [1.165, 1.54) is 57.1 Å². The van der Waals surface area contributed by atoms with Crippen molar-refractivity contribution in [3.8, 4) is 5.75 Å². The summed E-state index contributed by atoms with van der Waals surface area (Å²) in [5, 5.41) is 0. The van der Waals surface area contributed by atoms with E-state index in [4.69, 9.17) is 4.18 Å². The van der Waals surface area contributed by atoms with Crippen LogP contribution in [0.25, 0.3) is 0 Å². The van der Waals surface area contributed by atoms with E-state index in [0.29, 0.717) is 25.4 Å². The van der Waals surface area contributed by atoms with Crippen LogP contribution < -0.4 is 4.18 Å². The van der Waals surface area contributed by atoms with Crippen LogP contribution >= 0.6 is 0 Å². The summed E-state index contributed by atoms with van der Waals surface area (Å²) in [6.07, 6.45) is 11.4. The van der Waals surface area contributed by atoms with Crippen LogP contribution in [-0.2, 0) is 21.5 Å². The Labute approximate surface area is 217 Å². The first kappa shape index (κ1) is 29.8. The molecule has 7 heteroatoms. The Hall–Kier alpha value is -2.41. The van der Waals surface area contributed by atoms with E-state index in [9.17, 15) is 17.6 Å². The zero-order valence-electron chi connectivity index (χ0n) is 22.0. The van der Waals surface area contributed by atoms with E-state index in [-0.39, 0.29) is 16.6 Å². The fourth-order valence-electron chi connectivity index (χ4n) is 4.13. The number of hydrogen-bond acceptors (Lipinski definition) is 4. The van der Waals surface area contributed by atoms with Gasteiger partial charge in [0.25, 0.3) is 0 Å². The van der Waals surface area contributed by atoms with E-state index in [0.717, 1.165) is 30.5 Å². The molecule has 0 aliphatic rings. The van der Waals surface area contributed by atoms with Gasteiger partial charge in [0.1, 0.15) is 16.5 Å². The summed E-state index contributed by atoms with van der Waals surface area (Å²) < 4.78 is 43.5. The SMILES string of the molecule is CCCCCCCCCCCC(=O)N(Cc1cccc(OS(=O)(=O)c2ccc(F)cc2)c1)CC(C)C. The summed E-state index contributed by atoms with van der Waals surface area (Å²) in [5.74, 6) is 0.0771. The molecule has 2 aromatic rings. The second-order valence-corrected chi connectivity index (χ2v) is 11.4. The van der Waals surface area contributed by atoms with Crippen molar-refractivity contribution < 1.29 is 21.8 Å². The van der Waals surface area contributed by atoms with Gasteiger partial charge in [0, 0.05) is 19.5 Å². The van der Waals surface area contributed by atoms with Gasteiger partial charge in [-0.1, -0.05) is 84.3 Å². The number of hydrogen-bond donors (Lipinski definition) is 0. The van der Waals surface area contributed by atoms with Crippen LogP contribution in [0.4, 0.5) is 4.39 Å². The molecule has 0 N–H and O–H groups in total. The highest BCUT2D eigenvalue weighted by molar-refractivity contribution is 7.87. The lowest BCUT2D eigenvalue weighted by molar-refractivity contribution is -0.132. The third-order valence-corrected chi connectivity index (χ3v) is 7.27. The highest BCUT2D eigenvalue weighted by Gasteiger charge is 2.19. The van der Waals surface area contributed by atoms with Gasteiger partial charge in [-0.05, 0) is 54.3 Å². The second kappa shape index (κ2) is 15.6. The van der Waals surface area contributed by atoms with Crippen LogP contribution in [0.2, 0.25) is 0 Å². The molecule has 0 aliphatic heterocycles. The highest BCUT2D eigenvalue weighted by Crippen LogP contribution is 2.22. The van der Waals surface area contributed by atoms with Crippen molar-refractivity contribution in [3.05, 3.63) is 59.9 Å². The molecule has 0 aliphatic carbocycles. The standard InChI is InChI=1S/C29H42FNO4S/c1-4-5-6-7-8-9-10-11-12-16-29(32)31(22-24(2)3)23-25-14-13-15-27(21-25)35-36(33,34)28-19-17-26(30)18-20-28/h13-15,17-21,24H,4-12,16,22-23H2,1-3H3. The van der Waals surface area contributed by atoms with Gasteiger partial charge < -0.3 is 9.08 Å². The Balaban J connectivity index is 1.91. The first-order chi connectivity index (χ1) is 17.2. The molecule has 36 heavy (non-hydrogen) atoms. The van der Waals surface area contributed by atoms with Crippen LogP contribution in [0.15, 0.2) is 53.4 Å². The molecular weight excluding hydrogens is 477 g/mol. The lowest BCUT2D eigenvalue weighted by atomic mass is 10.1. The van der Waals surface area contributed by atoms with Crippen molar-refractivity contribution in [1.82, 2.24) is 4.90 Å².